The third kappa shape index (κ3) is 6.41. The SMILES string of the molecule is CCCCCCCCC(=O)Nc1cc(C(C)C)[nH]n1. The van der Waals surface area contributed by atoms with Crippen molar-refractivity contribution in [1.29, 1.82) is 0 Å². The minimum absolute atomic E-state index is 0.0669. The monoisotopic (exact) mass is 265 g/mol. The Kier molecular flexibility index (Phi) is 7.23. The molecule has 108 valence electrons. The number of carbonyl (C=O) groups excluding carboxylic acids is 1. The highest BCUT2D eigenvalue weighted by Gasteiger charge is 2.07. The van der Waals surface area contributed by atoms with Gasteiger partial charge >= 0.3 is 0 Å². The van der Waals surface area contributed by atoms with Crippen LogP contribution >= 0.6 is 0 Å². The van der Waals surface area contributed by atoms with E-state index in [2.05, 4.69) is 36.3 Å². The van der Waals surface area contributed by atoms with E-state index in [-0.39, 0.29) is 5.91 Å². The number of hydrogen-bond acceptors (Lipinski definition) is 2. The number of hydrogen-bond donors (Lipinski definition) is 2. The van der Waals surface area contributed by atoms with Crippen molar-refractivity contribution in [2.24, 2.45) is 0 Å². The molecule has 1 heterocycles. The molecule has 0 saturated heterocycles. The Bertz CT molecular complexity index is 371. The summed E-state index contributed by atoms with van der Waals surface area (Å²) in [5.74, 6) is 1.11. The van der Waals surface area contributed by atoms with Crippen molar-refractivity contribution >= 4 is 11.7 Å². The lowest BCUT2D eigenvalue weighted by atomic mass is 10.1. The molecule has 2 N–H and O–H groups in total. The van der Waals surface area contributed by atoms with E-state index in [4.69, 9.17) is 0 Å². The second-order valence-electron chi connectivity index (χ2n) is 5.43. The van der Waals surface area contributed by atoms with E-state index in [0.717, 1.165) is 18.5 Å². The molecule has 0 saturated carbocycles. The van der Waals surface area contributed by atoms with Crippen LogP contribution in [0.2, 0.25) is 0 Å². The lowest BCUT2D eigenvalue weighted by Crippen LogP contribution is -2.11. The minimum Gasteiger partial charge on any atom is -0.309 e. The highest BCUT2D eigenvalue weighted by atomic mass is 16.1. The molecule has 1 amide bonds. The average molecular weight is 265 g/mol. The van der Waals surface area contributed by atoms with E-state index in [1.807, 2.05) is 6.07 Å². The van der Waals surface area contributed by atoms with Crippen molar-refractivity contribution in [1.82, 2.24) is 10.2 Å². The molecule has 1 aromatic heterocycles. The first-order chi connectivity index (χ1) is 9.13. The van der Waals surface area contributed by atoms with Gasteiger partial charge in [-0.05, 0) is 12.3 Å². The van der Waals surface area contributed by atoms with Gasteiger partial charge in [-0.15, -0.1) is 0 Å². The summed E-state index contributed by atoms with van der Waals surface area (Å²) in [7, 11) is 0. The lowest BCUT2D eigenvalue weighted by molar-refractivity contribution is -0.116. The Balaban J connectivity index is 2.16. The number of unbranched alkanes of at least 4 members (excludes halogenated alkanes) is 5. The Hall–Kier alpha value is -1.32. The molecule has 0 aromatic carbocycles. The molecule has 0 aliphatic rings. The molecule has 1 rings (SSSR count). The Morgan fingerprint density at radius 3 is 2.58 bits per heavy atom. The van der Waals surface area contributed by atoms with Crippen molar-refractivity contribution in [3.05, 3.63) is 11.8 Å². The average Bonchev–Trinajstić information content (AvgIpc) is 2.82. The second kappa shape index (κ2) is 8.73. The molecular formula is C15H27N3O. The summed E-state index contributed by atoms with van der Waals surface area (Å²) in [5, 5.41) is 9.86. The summed E-state index contributed by atoms with van der Waals surface area (Å²) in [6.45, 7) is 6.40. The molecule has 0 fully saturated rings. The van der Waals surface area contributed by atoms with Gasteiger partial charge in [0.25, 0.3) is 0 Å². The fourth-order valence-corrected chi connectivity index (χ4v) is 1.97. The summed E-state index contributed by atoms with van der Waals surface area (Å²) in [6, 6.07) is 1.91. The third-order valence-corrected chi connectivity index (χ3v) is 3.24. The van der Waals surface area contributed by atoms with Gasteiger partial charge in [0.05, 0.1) is 0 Å². The maximum atomic E-state index is 11.7. The van der Waals surface area contributed by atoms with Gasteiger partial charge < -0.3 is 5.32 Å². The van der Waals surface area contributed by atoms with E-state index >= 15 is 0 Å². The van der Waals surface area contributed by atoms with Crippen molar-refractivity contribution in [3.63, 3.8) is 0 Å². The van der Waals surface area contributed by atoms with Crippen molar-refractivity contribution in [3.8, 4) is 0 Å². The van der Waals surface area contributed by atoms with Crippen LogP contribution in [0.5, 0.6) is 0 Å². The quantitative estimate of drug-likeness (QED) is 0.657. The van der Waals surface area contributed by atoms with E-state index in [9.17, 15) is 4.79 Å². The highest BCUT2D eigenvalue weighted by molar-refractivity contribution is 5.89. The molecule has 0 radical (unpaired) electrons. The van der Waals surface area contributed by atoms with E-state index < -0.39 is 0 Å². The Labute approximate surface area is 116 Å². The van der Waals surface area contributed by atoms with Gasteiger partial charge in [-0.25, -0.2) is 0 Å². The van der Waals surface area contributed by atoms with Crippen LogP contribution in [0.15, 0.2) is 6.07 Å². The van der Waals surface area contributed by atoms with Crippen LogP contribution in [0.25, 0.3) is 0 Å². The fourth-order valence-electron chi connectivity index (χ4n) is 1.97. The van der Waals surface area contributed by atoms with Crippen LogP contribution in [-0.4, -0.2) is 16.1 Å². The third-order valence-electron chi connectivity index (χ3n) is 3.24. The Morgan fingerprint density at radius 1 is 1.26 bits per heavy atom. The molecule has 19 heavy (non-hydrogen) atoms. The first kappa shape index (κ1) is 15.7. The van der Waals surface area contributed by atoms with Crippen LogP contribution < -0.4 is 5.32 Å². The number of aromatic amines is 1. The highest BCUT2D eigenvalue weighted by Crippen LogP contribution is 2.15. The lowest BCUT2D eigenvalue weighted by Gasteiger charge is -2.02. The molecule has 0 aliphatic heterocycles. The van der Waals surface area contributed by atoms with Crippen LogP contribution in [0.4, 0.5) is 5.82 Å². The zero-order valence-corrected chi connectivity index (χ0v) is 12.5. The zero-order valence-electron chi connectivity index (χ0n) is 12.5. The van der Waals surface area contributed by atoms with Gasteiger partial charge in [0.2, 0.25) is 5.91 Å². The fraction of sp³-hybridized carbons (Fsp3) is 0.733. The van der Waals surface area contributed by atoms with Gasteiger partial charge in [0, 0.05) is 18.2 Å². The van der Waals surface area contributed by atoms with E-state index in [1.165, 1.54) is 25.7 Å². The number of anilines is 1. The number of amides is 1. The molecular weight excluding hydrogens is 238 g/mol. The van der Waals surface area contributed by atoms with Gasteiger partial charge in [-0.1, -0.05) is 52.9 Å². The van der Waals surface area contributed by atoms with E-state index in [1.54, 1.807) is 0 Å². The standard InChI is InChI=1S/C15H27N3O/c1-4-5-6-7-8-9-10-15(19)16-14-11-13(12(2)3)17-18-14/h11-12H,4-10H2,1-3H3,(H2,16,17,18,19). The van der Waals surface area contributed by atoms with Crippen LogP contribution in [0.3, 0.4) is 0 Å². The second-order valence-corrected chi connectivity index (χ2v) is 5.43. The largest absolute Gasteiger partial charge is 0.309 e. The topological polar surface area (TPSA) is 57.8 Å². The van der Waals surface area contributed by atoms with Gasteiger partial charge in [-0.3, -0.25) is 9.89 Å². The van der Waals surface area contributed by atoms with Gasteiger partial charge in [0.15, 0.2) is 5.82 Å². The maximum absolute atomic E-state index is 11.7. The predicted molar refractivity (Wildman–Crippen MR) is 79.3 cm³/mol. The van der Waals surface area contributed by atoms with Crippen LogP contribution in [0.1, 0.15) is 77.3 Å². The van der Waals surface area contributed by atoms with Crippen molar-refractivity contribution in [2.45, 2.75) is 71.6 Å². The number of rotatable bonds is 9. The summed E-state index contributed by atoms with van der Waals surface area (Å²) >= 11 is 0. The number of aromatic nitrogens is 2. The van der Waals surface area contributed by atoms with Crippen LogP contribution in [0, 0.1) is 0 Å². The molecule has 4 nitrogen and oxygen atoms in total. The summed E-state index contributed by atoms with van der Waals surface area (Å²) in [6.07, 6.45) is 7.80. The van der Waals surface area contributed by atoms with E-state index in [0.29, 0.717) is 18.2 Å². The first-order valence-electron chi connectivity index (χ1n) is 7.48. The molecule has 0 spiro atoms. The number of carbonyl (C=O) groups is 1. The minimum atomic E-state index is 0.0669. The van der Waals surface area contributed by atoms with Crippen LogP contribution in [-0.2, 0) is 4.79 Å². The molecule has 4 heteroatoms. The number of H-pyrrole nitrogens is 1. The summed E-state index contributed by atoms with van der Waals surface area (Å²) in [5.41, 5.74) is 1.05. The van der Waals surface area contributed by atoms with Gasteiger partial charge in [0.1, 0.15) is 0 Å². The smallest absolute Gasteiger partial charge is 0.225 e. The van der Waals surface area contributed by atoms with Gasteiger partial charge in [-0.2, -0.15) is 5.10 Å². The normalized spacial score (nSPS) is 10.9. The van der Waals surface area contributed by atoms with Crippen molar-refractivity contribution < 1.29 is 4.79 Å². The first-order valence-corrected chi connectivity index (χ1v) is 7.48. The molecule has 0 bridgehead atoms. The van der Waals surface area contributed by atoms with Crippen molar-refractivity contribution in [2.75, 3.05) is 5.32 Å². The molecule has 0 atom stereocenters. The summed E-state index contributed by atoms with van der Waals surface area (Å²) in [4.78, 5) is 11.7. The predicted octanol–water partition coefficient (Wildman–Crippen LogP) is 4.22. The maximum Gasteiger partial charge on any atom is 0.225 e. The number of nitrogens with zero attached hydrogens (tertiary/aromatic N) is 1. The number of nitrogens with one attached hydrogen (secondary N) is 2. The zero-order chi connectivity index (χ0) is 14.1. The molecule has 0 unspecified atom stereocenters. The molecule has 0 aliphatic carbocycles. The Morgan fingerprint density at radius 2 is 1.95 bits per heavy atom. The summed E-state index contributed by atoms with van der Waals surface area (Å²) < 4.78 is 0. The molecule has 1 aromatic rings.